The van der Waals surface area contributed by atoms with Crippen LogP contribution in [0, 0.1) is 17.8 Å². The van der Waals surface area contributed by atoms with Gasteiger partial charge in [-0.3, -0.25) is 0 Å². The van der Waals surface area contributed by atoms with Gasteiger partial charge in [-0.1, -0.05) is 0 Å². The Morgan fingerprint density at radius 3 is 2.85 bits per heavy atom. The van der Waals surface area contributed by atoms with E-state index in [1.165, 1.54) is 43.7 Å². The van der Waals surface area contributed by atoms with Gasteiger partial charge in [0.25, 0.3) is 0 Å². The Hall–Kier alpha value is 0.310. The third-order valence-corrected chi connectivity index (χ3v) is 5.27. The molecule has 0 spiro atoms. The average molecular weight is 197 g/mol. The second-order valence-corrected chi connectivity index (χ2v) is 6.13. The van der Waals surface area contributed by atoms with E-state index in [2.05, 4.69) is 17.1 Å². The number of hydrogen-bond donors (Lipinski definition) is 1. The molecule has 2 saturated carbocycles. The molecule has 3 fully saturated rings. The van der Waals surface area contributed by atoms with E-state index in [-0.39, 0.29) is 0 Å². The van der Waals surface area contributed by atoms with E-state index in [0.717, 1.165) is 23.8 Å². The van der Waals surface area contributed by atoms with E-state index in [9.17, 15) is 0 Å². The second-order valence-electron chi connectivity index (χ2n) is 4.98. The summed E-state index contributed by atoms with van der Waals surface area (Å²) in [7, 11) is 0. The molecule has 13 heavy (non-hydrogen) atoms. The predicted octanol–water partition coefficient (Wildman–Crippen LogP) is 2.13. The van der Waals surface area contributed by atoms with E-state index in [1.807, 2.05) is 0 Å². The second kappa shape index (κ2) is 3.47. The minimum atomic E-state index is 0.913. The molecular weight excluding hydrogens is 178 g/mol. The molecule has 0 aromatic rings. The fourth-order valence-corrected chi connectivity index (χ4v) is 4.30. The lowest BCUT2D eigenvalue weighted by atomic mass is 10.1. The van der Waals surface area contributed by atoms with Crippen LogP contribution >= 0.6 is 11.8 Å². The Balaban J connectivity index is 1.42. The Kier molecular flexibility index (Phi) is 2.30. The molecule has 4 atom stereocenters. The van der Waals surface area contributed by atoms with Gasteiger partial charge in [0.15, 0.2) is 0 Å². The van der Waals surface area contributed by atoms with Gasteiger partial charge in [-0.2, -0.15) is 11.8 Å². The van der Waals surface area contributed by atoms with Crippen LogP contribution in [0.3, 0.4) is 0 Å². The molecule has 0 aromatic carbocycles. The molecule has 1 nitrogen and oxygen atoms in total. The highest BCUT2D eigenvalue weighted by Gasteiger charge is 2.47. The van der Waals surface area contributed by atoms with Crippen LogP contribution in [0.1, 0.15) is 25.7 Å². The van der Waals surface area contributed by atoms with Crippen molar-refractivity contribution in [2.75, 3.05) is 18.1 Å². The standard InChI is InChI=1S/C11H19NS/c1-2-11(10-5-9(1)10)12-6-8-3-4-13-7-8/h8-12H,1-7H2/t8?,9-,10+,11?/m1/s1. The number of fused-ring (bicyclic) bond motifs is 1. The van der Waals surface area contributed by atoms with Crippen molar-refractivity contribution in [2.45, 2.75) is 31.7 Å². The van der Waals surface area contributed by atoms with Crippen LogP contribution in [-0.4, -0.2) is 24.1 Å². The molecule has 0 radical (unpaired) electrons. The lowest BCUT2D eigenvalue weighted by molar-refractivity contribution is 0.426. The van der Waals surface area contributed by atoms with Crippen LogP contribution in [0.25, 0.3) is 0 Å². The molecule has 1 heterocycles. The molecule has 0 amide bonds. The van der Waals surface area contributed by atoms with Crippen LogP contribution in [0.4, 0.5) is 0 Å². The normalized spacial score (nSPS) is 48.0. The van der Waals surface area contributed by atoms with E-state index in [4.69, 9.17) is 0 Å². The SMILES string of the molecule is C1CC(CNC2CC[C@@H]3C[C@H]23)CS1. The first kappa shape index (κ1) is 8.60. The zero-order valence-electron chi connectivity index (χ0n) is 8.17. The molecule has 2 unspecified atom stereocenters. The van der Waals surface area contributed by atoms with Gasteiger partial charge >= 0.3 is 0 Å². The topological polar surface area (TPSA) is 12.0 Å². The lowest BCUT2D eigenvalue weighted by Crippen LogP contribution is -2.33. The van der Waals surface area contributed by atoms with E-state index in [0.29, 0.717) is 0 Å². The molecule has 0 aromatic heterocycles. The monoisotopic (exact) mass is 197 g/mol. The zero-order valence-corrected chi connectivity index (χ0v) is 8.98. The molecule has 1 saturated heterocycles. The summed E-state index contributed by atoms with van der Waals surface area (Å²) in [6, 6.07) is 0.913. The Morgan fingerprint density at radius 1 is 1.23 bits per heavy atom. The molecule has 2 heteroatoms. The summed E-state index contributed by atoms with van der Waals surface area (Å²) >= 11 is 2.14. The van der Waals surface area contributed by atoms with Crippen molar-refractivity contribution >= 4 is 11.8 Å². The lowest BCUT2D eigenvalue weighted by Gasteiger charge is -2.17. The maximum Gasteiger partial charge on any atom is 0.00983 e. The third kappa shape index (κ3) is 1.75. The predicted molar refractivity (Wildman–Crippen MR) is 58.1 cm³/mol. The molecule has 0 bridgehead atoms. The molecule has 3 aliphatic rings. The van der Waals surface area contributed by atoms with Gasteiger partial charge in [-0.15, -0.1) is 0 Å². The summed E-state index contributed by atoms with van der Waals surface area (Å²) in [5.74, 6) is 6.03. The van der Waals surface area contributed by atoms with Crippen LogP contribution < -0.4 is 5.32 Å². The number of nitrogens with one attached hydrogen (secondary N) is 1. The smallest absolute Gasteiger partial charge is 0.00983 e. The van der Waals surface area contributed by atoms with Crippen molar-refractivity contribution in [3.05, 3.63) is 0 Å². The Bertz CT molecular complexity index is 189. The highest BCUT2D eigenvalue weighted by molar-refractivity contribution is 7.99. The maximum absolute atomic E-state index is 3.80. The summed E-state index contributed by atoms with van der Waals surface area (Å²) in [5.41, 5.74) is 0. The van der Waals surface area contributed by atoms with Crippen LogP contribution in [0.15, 0.2) is 0 Å². The summed E-state index contributed by atoms with van der Waals surface area (Å²) < 4.78 is 0. The Morgan fingerprint density at radius 2 is 2.23 bits per heavy atom. The first-order valence-electron chi connectivity index (χ1n) is 5.74. The maximum atomic E-state index is 3.80. The third-order valence-electron chi connectivity index (χ3n) is 4.04. The van der Waals surface area contributed by atoms with Gasteiger partial charge in [0.2, 0.25) is 0 Å². The van der Waals surface area contributed by atoms with Crippen molar-refractivity contribution in [2.24, 2.45) is 17.8 Å². The first-order chi connectivity index (χ1) is 6.43. The van der Waals surface area contributed by atoms with Crippen molar-refractivity contribution < 1.29 is 0 Å². The first-order valence-corrected chi connectivity index (χ1v) is 6.90. The zero-order chi connectivity index (χ0) is 8.67. The van der Waals surface area contributed by atoms with Gasteiger partial charge in [-0.05, 0) is 61.5 Å². The van der Waals surface area contributed by atoms with Gasteiger partial charge < -0.3 is 5.32 Å². The summed E-state index contributed by atoms with van der Waals surface area (Å²) in [5, 5.41) is 3.80. The number of hydrogen-bond acceptors (Lipinski definition) is 2. The fourth-order valence-electron chi connectivity index (χ4n) is 3.02. The highest BCUT2D eigenvalue weighted by Crippen LogP contribution is 2.51. The van der Waals surface area contributed by atoms with Gasteiger partial charge in [0, 0.05) is 6.04 Å². The molecule has 2 aliphatic carbocycles. The van der Waals surface area contributed by atoms with Gasteiger partial charge in [-0.25, -0.2) is 0 Å². The average Bonchev–Trinajstić information content (AvgIpc) is 2.64. The molecular formula is C11H19NS. The van der Waals surface area contributed by atoms with Crippen LogP contribution in [-0.2, 0) is 0 Å². The number of thioether (sulfide) groups is 1. The minimum Gasteiger partial charge on any atom is -0.313 e. The van der Waals surface area contributed by atoms with E-state index >= 15 is 0 Å². The van der Waals surface area contributed by atoms with Crippen LogP contribution in [0.5, 0.6) is 0 Å². The number of rotatable bonds is 3. The molecule has 74 valence electrons. The van der Waals surface area contributed by atoms with Gasteiger partial charge in [0.1, 0.15) is 0 Å². The van der Waals surface area contributed by atoms with Crippen molar-refractivity contribution in [1.82, 2.24) is 5.32 Å². The summed E-state index contributed by atoms with van der Waals surface area (Å²) in [6.45, 7) is 1.31. The fraction of sp³-hybridized carbons (Fsp3) is 1.00. The molecule has 3 rings (SSSR count). The van der Waals surface area contributed by atoms with E-state index < -0.39 is 0 Å². The molecule has 1 aliphatic heterocycles. The largest absolute Gasteiger partial charge is 0.313 e. The Labute approximate surface area is 85.0 Å². The van der Waals surface area contributed by atoms with Crippen molar-refractivity contribution in [1.29, 1.82) is 0 Å². The summed E-state index contributed by atoms with van der Waals surface area (Å²) in [6.07, 6.45) is 5.98. The summed E-state index contributed by atoms with van der Waals surface area (Å²) in [4.78, 5) is 0. The minimum absolute atomic E-state index is 0.913. The quantitative estimate of drug-likeness (QED) is 0.744. The van der Waals surface area contributed by atoms with Crippen LogP contribution in [0.2, 0.25) is 0 Å². The van der Waals surface area contributed by atoms with E-state index in [1.54, 1.807) is 0 Å². The van der Waals surface area contributed by atoms with Crippen molar-refractivity contribution in [3.8, 4) is 0 Å². The van der Waals surface area contributed by atoms with Gasteiger partial charge in [0.05, 0.1) is 0 Å². The molecule has 1 N–H and O–H groups in total. The van der Waals surface area contributed by atoms with Crippen molar-refractivity contribution in [3.63, 3.8) is 0 Å². The highest BCUT2D eigenvalue weighted by atomic mass is 32.2.